The van der Waals surface area contributed by atoms with Gasteiger partial charge in [0.15, 0.2) is 0 Å². The Kier molecular flexibility index (Phi) is 6.81. The van der Waals surface area contributed by atoms with E-state index in [1.54, 1.807) is 0 Å². The van der Waals surface area contributed by atoms with Gasteiger partial charge in [-0.05, 0) is 6.42 Å². The fourth-order valence-corrected chi connectivity index (χ4v) is 2.36. The van der Waals surface area contributed by atoms with Gasteiger partial charge >= 0.3 is 11.9 Å². The van der Waals surface area contributed by atoms with Crippen LogP contribution < -0.4 is 5.73 Å². The second-order valence-electron chi connectivity index (χ2n) is 3.68. The van der Waals surface area contributed by atoms with E-state index in [2.05, 4.69) is 0 Å². The standard InChI is InChI=1S/C9H12N2O6S.ClH/c10-4(7(13)14)1-2-6(12)11-5(8(15)16)3-18-9(11)17;/h4-5H,1-3,10H2,(H,13,14)(H,15,16);1H/t4-,5-;/m0./s1. The summed E-state index contributed by atoms with van der Waals surface area (Å²) in [5.74, 6) is -3.22. The zero-order valence-electron chi connectivity index (χ0n) is 9.64. The van der Waals surface area contributed by atoms with Gasteiger partial charge in [0, 0.05) is 12.2 Å². The smallest absolute Gasteiger partial charge is 0.327 e. The summed E-state index contributed by atoms with van der Waals surface area (Å²) in [5, 5.41) is 16.7. The Morgan fingerprint density at radius 2 is 2.00 bits per heavy atom. The maximum Gasteiger partial charge on any atom is 0.327 e. The fourth-order valence-electron chi connectivity index (χ4n) is 1.40. The molecule has 19 heavy (non-hydrogen) atoms. The first-order valence-corrected chi connectivity index (χ1v) is 6.03. The maximum absolute atomic E-state index is 11.7. The molecule has 0 radical (unpaired) electrons. The molecule has 1 saturated heterocycles. The number of amides is 2. The van der Waals surface area contributed by atoms with E-state index in [-0.39, 0.29) is 31.0 Å². The Bertz CT molecular complexity index is 404. The highest BCUT2D eigenvalue weighted by molar-refractivity contribution is 8.14. The third-order valence-corrected chi connectivity index (χ3v) is 3.34. The summed E-state index contributed by atoms with van der Waals surface area (Å²) in [7, 11) is 0. The fraction of sp³-hybridized carbons (Fsp3) is 0.556. The summed E-state index contributed by atoms with van der Waals surface area (Å²) in [6.07, 6.45) is -0.418. The van der Waals surface area contributed by atoms with Crippen LogP contribution in [-0.4, -0.2) is 56.0 Å². The molecule has 0 aliphatic carbocycles. The number of halogens is 1. The number of rotatable bonds is 5. The third-order valence-electron chi connectivity index (χ3n) is 2.41. The molecule has 4 N–H and O–H groups in total. The number of nitrogens with zero attached hydrogens (tertiary/aromatic N) is 1. The summed E-state index contributed by atoms with van der Waals surface area (Å²) >= 11 is 0.748. The number of carbonyl (C=O) groups is 4. The summed E-state index contributed by atoms with van der Waals surface area (Å²) < 4.78 is 0. The number of hydrogen-bond donors (Lipinski definition) is 3. The van der Waals surface area contributed by atoms with Crippen LogP contribution in [0.3, 0.4) is 0 Å². The largest absolute Gasteiger partial charge is 0.480 e. The van der Waals surface area contributed by atoms with Gasteiger partial charge in [0.05, 0.1) is 0 Å². The molecule has 2 amide bonds. The van der Waals surface area contributed by atoms with E-state index in [9.17, 15) is 19.2 Å². The van der Waals surface area contributed by atoms with Crippen molar-refractivity contribution in [2.75, 3.05) is 5.75 Å². The van der Waals surface area contributed by atoms with Crippen molar-refractivity contribution in [1.29, 1.82) is 0 Å². The third kappa shape index (κ3) is 4.37. The van der Waals surface area contributed by atoms with Crippen LogP contribution in [0.15, 0.2) is 0 Å². The number of carboxylic acid groups (broad SMARTS) is 2. The summed E-state index contributed by atoms with van der Waals surface area (Å²) in [5.41, 5.74) is 5.22. The average molecular weight is 313 g/mol. The lowest BCUT2D eigenvalue weighted by molar-refractivity contribution is -0.146. The van der Waals surface area contributed by atoms with Gasteiger partial charge in [-0.1, -0.05) is 11.8 Å². The van der Waals surface area contributed by atoms with Gasteiger partial charge < -0.3 is 15.9 Å². The SMILES string of the molecule is Cl.N[C@@H](CCC(=O)N1C(=O)SC[C@H]1C(=O)O)C(=O)O. The normalized spacial score (nSPS) is 19.7. The number of imide groups is 1. The number of hydrogen-bond acceptors (Lipinski definition) is 6. The molecule has 1 aliphatic rings. The lowest BCUT2D eigenvalue weighted by atomic mass is 10.1. The van der Waals surface area contributed by atoms with Crippen LogP contribution in [0.5, 0.6) is 0 Å². The first-order chi connectivity index (χ1) is 8.34. The number of nitrogens with two attached hydrogens (primary N) is 1. The Morgan fingerprint density at radius 1 is 1.42 bits per heavy atom. The van der Waals surface area contributed by atoms with Crippen molar-refractivity contribution in [2.24, 2.45) is 5.73 Å². The molecule has 1 rings (SSSR count). The second kappa shape index (κ2) is 7.31. The molecule has 108 valence electrons. The molecule has 1 fully saturated rings. The molecule has 0 aromatic rings. The van der Waals surface area contributed by atoms with E-state index in [1.807, 2.05) is 0 Å². The van der Waals surface area contributed by atoms with E-state index in [4.69, 9.17) is 15.9 Å². The lowest BCUT2D eigenvalue weighted by Crippen LogP contribution is -2.44. The minimum absolute atomic E-state index is 0. The number of carboxylic acids is 2. The van der Waals surface area contributed by atoms with E-state index >= 15 is 0 Å². The van der Waals surface area contributed by atoms with Crippen LogP contribution in [-0.2, 0) is 14.4 Å². The van der Waals surface area contributed by atoms with Crippen LogP contribution in [0.1, 0.15) is 12.8 Å². The van der Waals surface area contributed by atoms with Crippen molar-refractivity contribution in [3.63, 3.8) is 0 Å². The molecule has 0 aromatic carbocycles. The summed E-state index contributed by atoms with van der Waals surface area (Å²) in [6.45, 7) is 0. The number of carbonyl (C=O) groups excluding carboxylic acids is 2. The zero-order valence-corrected chi connectivity index (χ0v) is 11.3. The minimum atomic E-state index is -1.26. The molecule has 0 bridgehead atoms. The Hall–Kier alpha value is -1.32. The molecule has 8 nitrogen and oxygen atoms in total. The minimum Gasteiger partial charge on any atom is -0.480 e. The Balaban J connectivity index is 0.00000324. The predicted octanol–water partition coefficient (Wildman–Crippen LogP) is -0.251. The molecular weight excluding hydrogens is 300 g/mol. The van der Waals surface area contributed by atoms with Gasteiger partial charge in [-0.15, -0.1) is 12.4 Å². The molecule has 1 heterocycles. The Morgan fingerprint density at radius 3 is 2.47 bits per heavy atom. The van der Waals surface area contributed by atoms with Gasteiger partial charge in [0.25, 0.3) is 5.24 Å². The number of thioether (sulfide) groups is 1. The van der Waals surface area contributed by atoms with E-state index < -0.39 is 35.2 Å². The maximum atomic E-state index is 11.7. The quantitative estimate of drug-likeness (QED) is 0.631. The van der Waals surface area contributed by atoms with Gasteiger partial charge in [-0.25, -0.2) is 4.79 Å². The van der Waals surface area contributed by atoms with Gasteiger partial charge in [-0.2, -0.15) is 0 Å². The van der Waals surface area contributed by atoms with Crippen molar-refractivity contribution in [1.82, 2.24) is 4.90 Å². The van der Waals surface area contributed by atoms with Crippen molar-refractivity contribution < 1.29 is 29.4 Å². The zero-order chi connectivity index (χ0) is 13.9. The molecule has 0 aromatic heterocycles. The lowest BCUT2D eigenvalue weighted by Gasteiger charge is -2.18. The highest BCUT2D eigenvalue weighted by atomic mass is 35.5. The van der Waals surface area contributed by atoms with E-state index in [1.165, 1.54) is 0 Å². The van der Waals surface area contributed by atoms with Crippen molar-refractivity contribution >= 4 is 47.3 Å². The monoisotopic (exact) mass is 312 g/mol. The summed E-state index contributed by atoms with van der Waals surface area (Å²) in [4.78, 5) is 45.0. The van der Waals surface area contributed by atoms with Crippen LogP contribution in [0, 0.1) is 0 Å². The van der Waals surface area contributed by atoms with Crippen molar-refractivity contribution in [3.8, 4) is 0 Å². The predicted molar refractivity (Wildman–Crippen MR) is 68.2 cm³/mol. The van der Waals surface area contributed by atoms with Gasteiger partial charge in [0.1, 0.15) is 12.1 Å². The average Bonchev–Trinajstić information content (AvgIpc) is 2.67. The molecule has 0 spiro atoms. The van der Waals surface area contributed by atoms with Crippen LogP contribution in [0.4, 0.5) is 4.79 Å². The molecule has 10 heteroatoms. The van der Waals surface area contributed by atoms with E-state index in [0.717, 1.165) is 11.8 Å². The topological polar surface area (TPSA) is 138 Å². The van der Waals surface area contributed by atoms with Crippen molar-refractivity contribution in [3.05, 3.63) is 0 Å². The second-order valence-corrected chi connectivity index (χ2v) is 4.65. The molecule has 0 saturated carbocycles. The molecule has 0 unspecified atom stereocenters. The van der Waals surface area contributed by atoms with Gasteiger partial charge in [-0.3, -0.25) is 19.3 Å². The van der Waals surface area contributed by atoms with E-state index in [0.29, 0.717) is 4.90 Å². The first kappa shape index (κ1) is 17.7. The van der Waals surface area contributed by atoms with Crippen LogP contribution >= 0.6 is 24.2 Å². The molecular formula is C9H13ClN2O6S. The molecule has 1 aliphatic heterocycles. The summed E-state index contributed by atoms with van der Waals surface area (Å²) in [6, 6.07) is -2.39. The molecule has 2 atom stereocenters. The van der Waals surface area contributed by atoms with Crippen LogP contribution in [0.25, 0.3) is 0 Å². The Labute approximate surface area is 118 Å². The van der Waals surface area contributed by atoms with Crippen LogP contribution in [0.2, 0.25) is 0 Å². The highest BCUT2D eigenvalue weighted by Crippen LogP contribution is 2.25. The number of aliphatic carboxylic acids is 2. The first-order valence-electron chi connectivity index (χ1n) is 5.04. The van der Waals surface area contributed by atoms with Gasteiger partial charge in [0.2, 0.25) is 5.91 Å². The van der Waals surface area contributed by atoms with Crippen molar-refractivity contribution in [2.45, 2.75) is 24.9 Å². The highest BCUT2D eigenvalue weighted by Gasteiger charge is 2.40.